The zero-order valence-corrected chi connectivity index (χ0v) is 14.6. The highest BCUT2D eigenvalue weighted by atomic mass is 127. The predicted molar refractivity (Wildman–Crippen MR) is 88.9 cm³/mol. The van der Waals surface area contributed by atoms with E-state index in [0.29, 0.717) is 37.8 Å². The molecule has 1 saturated heterocycles. The van der Waals surface area contributed by atoms with E-state index < -0.39 is 12.8 Å². The van der Waals surface area contributed by atoms with E-state index in [2.05, 4.69) is 14.7 Å². The fraction of sp³-hybridized carbons (Fsp3) is 0.538. The molecule has 23 heavy (non-hydrogen) atoms. The third-order valence-corrected chi connectivity index (χ3v) is 2.94. The van der Waals surface area contributed by atoms with Crippen molar-refractivity contribution in [3.63, 3.8) is 0 Å². The van der Waals surface area contributed by atoms with Crippen LogP contribution in [-0.4, -0.2) is 54.9 Å². The number of pyridine rings is 1. The summed E-state index contributed by atoms with van der Waals surface area (Å²) in [4.78, 5) is 9.85. The molecule has 6 nitrogen and oxygen atoms in total. The minimum atomic E-state index is -4.39. The summed E-state index contributed by atoms with van der Waals surface area (Å²) < 4.78 is 46.1. The average Bonchev–Trinajstić information content (AvgIpc) is 2.51. The van der Waals surface area contributed by atoms with Crippen LogP contribution in [0.5, 0.6) is 5.88 Å². The van der Waals surface area contributed by atoms with Crippen molar-refractivity contribution in [3.8, 4) is 5.88 Å². The first-order chi connectivity index (χ1) is 10.4. The van der Waals surface area contributed by atoms with Gasteiger partial charge in [0.15, 0.2) is 12.6 Å². The monoisotopic (exact) mass is 446 g/mol. The van der Waals surface area contributed by atoms with Crippen molar-refractivity contribution in [2.45, 2.75) is 12.7 Å². The summed E-state index contributed by atoms with van der Waals surface area (Å²) in [5.74, 6) is 0.299. The number of alkyl halides is 3. The minimum Gasteiger partial charge on any atom is -0.468 e. The van der Waals surface area contributed by atoms with E-state index in [-0.39, 0.29) is 36.4 Å². The van der Waals surface area contributed by atoms with Gasteiger partial charge in [0, 0.05) is 25.4 Å². The molecule has 0 spiro atoms. The Labute approximate surface area is 148 Å². The molecule has 1 aliphatic heterocycles. The van der Waals surface area contributed by atoms with Gasteiger partial charge in [-0.15, -0.1) is 24.0 Å². The molecule has 2 N–H and O–H groups in total. The SMILES string of the molecule is I.NC(=NCc1ccnc(OCC(F)(F)F)c1)N1CCOCC1. The van der Waals surface area contributed by atoms with E-state index in [9.17, 15) is 13.2 Å². The maximum absolute atomic E-state index is 12.1. The lowest BCUT2D eigenvalue weighted by Gasteiger charge is -2.27. The van der Waals surface area contributed by atoms with Crippen LogP contribution in [0.1, 0.15) is 5.56 Å². The maximum Gasteiger partial charge on any atom is 0.422 e. The van der Waals surface area contributed by atoms with Crippen molar-refractivity contribution in [2.24, 2.45) is 10.7 Å². The maximum atomic E-state index is 12.1. The summed E-state index contributed by atoms with van der Waals surface area (Å²) in [5, 5.41) is 0. The Morgan fingerprint density at radius 2 is 2.09 bits per heavy atom. The zero-order valence-electron chi connectivity index (χ0n) is 12.3. The number of hydrogen-bond donors (Lipinski definition) is 1. The lowest BCUT2D eigenvalue weighted by atomic mass is 10.3. The van der Waals surface area contributed by atoms with Crippen LogP contribution in [0.4, 0.5) is 13.2 Å². The van der Waals surface area contributed by atoms with Gasteiger partial charge in [0.2, 0.25) is 5.88 Å². The standard InChI is InChI=1S/C13H17F3N4O2.HI/c14-13(15,16)9-22-11-7-10(1-2-18-11)8-19-12(17)20-3-5-21-6-4-20;/h1-2,7H,3-6,8-9H2,(H2,17,19);1H. The smallest absolute Gasteiger partial charge is 0.422 e. The number of nitrogens with two attached hydrogens (primary N) is 1. The number of ether oxygens (including phenoxy) is 2. The third-order valence-electron chi connectivity index (χ3n) is 2.94. The fourth-order valence-electron chi connectivity index (χ4n) is 1.85. The van der Waals surface area contributed by atoms with E-state index in [0.717, 1.165) is 0 Å². The van der Waals surface area contributed by atoms with Crippen LogP contribution in [0.25, 0.3) is 0 Å². The Bertz CT molecular complexity index is 522. The number of guanidine groups is 1. The zero-order chi connectivity index (χ0) is 16.0. The molecule has 2 rings (SSSR count). The molecule has 0 saturated carbocycles. The van der Waals surface area contributed by atoms with Gasteiger partial charge in [-0.2, -0.15) is 13.2 Å². The summed E-state index contributed by atoms with van der Waals surface area (Å²) >= 11 is 0. The molecule has 0 unspecified atom stereocenters. The minimum absolute atomic E-state index is 0. The molecule has 0 aliphatic carbocycles. The molecule has 0 bridgehead atoms. The Kier molecular flexibility index (Phi) is 7.82. The normalized spacial score (nSPS) is 16.0. The molecule has 10 heteroatoms. The van der Waals surface area contributed by atoms with Gasteiger partial charge >= 0.3 is 6.18 Å². The first kappa shape index (κ1) is 19.7. The molecule has 0 radical (unpaired) electrons. The van der Waals surface area contributed by atoms with Gasteiger partial charge < -0.3 is 20.1 Å². The summed E-state index contributed by atoms with van der Waals surface area (Å²) in [7, 11) is 0. The number of hydrogen-bond acceptors (Lipinski definition) is 4. The first-order valence-corrected chi connectivity index (χ1v) is 6.71. The highest BCUT2D eigenvalue weighted by Crippen LogP contribution is 2.17. The molecule has 1 aromatic heterocycles. The Hall–Kier alpha value is -1.30. The highest BCUT2D eigenvalue weighted by Gasteiger charge is 2.28. The van der Waals surface area contributed by atoms with Crippen LogP contribution < -0.4 is 10.5 Å². The van der Waals surface area contributed by atoms with Crippen LogP contribution >= 0.6 is 24.0 Å². The Balaban J connectivity index is 0.00000264. The van der Waals surface area contributed by atoms with Crippen LogP contribution in [0, 0.1) is 0 Å². The lowest BCUT2D eigenvalue weighted by molar-refractivity contribution is -0.154. The second kappa shape index (κ2) is 9.11. The first-order valence-electron chi connectivity index (χ1n) is 6.71. The third kappa shape index (κ3) is 7.20. The number of halogens is 4. The molecule has 0 amide bonds. The van der Waals surface area contributed by atoms with Crippen molar-refractivity contribution in [1.29, 1.82) is 0 Å². The number of rotatable bonds is 4. The van der Waals surface area contributed by atoms with Gasteiger partial charge in [0.25, 0.3) is 0 Å². The van der Waals surface area contributed by atoms with Crippen LogP contribution in [0.2, 0.25) is 0 Å². The van der Waals surface area contributed by atoms with Gasteiger partial charge in [-0.05, 0) is 11.6 Å². The lowest BCUT2D eigenvalue weighted by Crippen LogP contribution is -2.44. The van der Waals surface area contributed by atoms with Crippen molar-refractivity contribution < 1.29 is 22.6 Å². The van der Waals surface area contributed by atoms with E-state index in [1.165, 1.54) is 12.3 Å². The van der Waals surface area contributed by atoms with E-state index in [1.54, 1.807) is 6.07 Å². The van der Waals surface area contributed by atoms with Gasteiger partial charge in [-0.3, -0.25) is 0 Å². The molecule has 1 aliphatic rings. The number of aromatic nitrogens is 1. The molecular weight excluding hydrogens is 428 g/mol. The van der Waals surface area contributed by atoms with Crippen molar-refractivity contribution >= 4 is 29.9 Å². The van der Waals surface area contributed by atoms with E-state index >= 15 is 0 Å². The van der Waals surface area contributed by atoms with Crippen LogP contribution in [0.3, 0.4) is 0 Å². The van der Waals surface area contributed by atoms with Gasteiger partial charge in [-0.1, -0.05) is 0 Å². The van der Waals surface area contributed by atoms with Gasteiger partial charge in [-0.25, -0.2) is 9.98 Å². The predicted octanol–water partition coefficient (Wildman–Crippen LogP) is 1.79. The van der Waals surface area contributed by atoms with Crippen LogP contribution in [0.15, 0.2) is 23.3 Å². The molecule has 2 heterocycles. The second-order valence-electron chi connectivity index (χ2n) is 4.68. The largest absolute Gasteiger partial charge is 0.468 e. The topological polar surface area (TPSA) is 73.0 Å². The quantitative estimate of drug-likeness (QED) is 0.434. The highest BCUT2D eigenvalue weighted by molar-refractivity contribution is 14.0. The Morgan fingerprint density at radius 3 is 2.74 bits per heavy atom. The van der Waals surface area contributed by atoms with Crippen LogP contribution in [-0.2, 0) is 11.3 Å². The molecule has 1 fully saturated rings. The number of aliphatic imine (C=N–C) groups is 1. The van der Waals surface area contributed by atoms with Crippen molar-refractivity contribution in [3.05, 3.63) is 23.9 Å². The second-order valence-corrected chi connectivity index (χ2v) is 4.68. The fourth-order valence-corrected chi connectivity index (χ4v) is 1.85. The Morgan fingerprint density at radius 1 is 1.39 bits per heavy atom. The molecule has 1 aromatic rings. The summed E-state index contributed by atoms with van der Waals surface area (Å²) in [6.45, 7) is 1.41. The number of morpholine rings is 1. The van der Waals surface area contributed by atoms with E-state index in [4.69, 9.17) is 10.5 Å². The molecule has 0 aromatic carbocycles. The average molecular weight is 446 g/mol. The summed E-state index contributed by atoms with van der Waals surface area (Å²) in [5.41, 5.74) is 6.54. The molecule has 130 valence electrons. The molecular formula is C13H18F3IN4O2. The number of nitrogens with zero attached hydrogens (tertiary/aromatic N) is 3. The summed E-state index contributed by atoms with van der Waals surface area (Å²) in [6, 6.07) is 3.07. The van der Waals surface area contributed by atoms with Gasteiger partial charge in [0.1, 0.15) is 0 Å². The molecule has 0 atom stereocenters. The summed E-state index contributed by atoms with van der Waals surface area (Å²) in [6.07, 6.45) is -3.02. The van der Waals surface area contributed by atoms with E-state index in [1.807, 2.05) is 4.90 Å². The van der Waals surface area contributed by atoms with Gasteiger partial charge in [0.05, 0.1) is 19.8 Å². The van der Waals surface area contributed by atoms with Crippen molar-refractivity contribution in [1.82, 2.24) is 9.88 Å². The van der Waals surface area contributed by atoms with Crippen molar-refractivity contribution in [2.75, 3.05) is 32.9 Å².